The Bertz CT molecular complexity index is 443. The molecule has 1 rings (SSSR count). The molecule has 0 aromatic heterocycles. The van der Waals surface area contributed by atoms with Crippen LogP contribution in [0.2, 0.25) is 0 Å². The first-order chi connectivity index (χ1) is 7.93. The van der Waals surface area contributed by atoms with E-state index in [9.17, 15) is 8.42 Å². The minimum Gasteiger partial charge on any atom is -0.385 e. The van der Waals surface area contributed by atoms with Crippen molar-refractivity contribution in [1.29, 1.82) is 0 Å². The van der Waals surface area contributed by atoms with Gasteiger partial charge in [-0.25, -0.2) is 13.6 Å². The zero-order valence-corrected chi connectivity index (χ0v) is 11.6. The van der Waals surface area contributed by atoms with Gasteiger partial charge in [-0.1, -0.05) is 6.92 Å². The molecule has 0 aliphatic rings. The van der Waals surface area contributed by atoms with Crippen molar-refractivity contribution in [1.82, 2.24) is 0 Å². The second-order valence-electron chi connectivity index (χ2n) is 4.01. The number of nitrogens with two attached hydrogens (primary N) is 1. The molecule has 96 valence electrons. The smallest absolute Gasteiger partial charge is 0.238 e. The molecule has 6 heteroatoms. The number of hydrogen-bond donors (Lipinski definition) is 2. The van der Waals surface area contributed by atoms with Crippen LogP contribution in [0.5, 0.6) is 0 Å². The topological polar surface area (TPSA) is 72.2 Å². The highest BCUT2D eigenvalue weighted by Gasteiger charge is 2.07. The molecule has 4 nitrogen and oxygen atoms in total. The fraction of sp³-hybridized carbons (Fsp3) is 0.455. The molecule has 1 aromatic rings. The third-order valence-electron chi connectivity index (χ3n) is 2.29. The van der Waals surface area contributed by atoms with Gasteiger partial charge in [0.25, 0.3) is 0 Å². The van der Waals surface area contributed by atoms with Gasteiger partial charge >= 0.3 is 0 Å². The Kier molecular flexibility index (Phi) is 5.30. The second-order valence-corrected chi connectivity index (χ2v) is 6.48. The molecule has 0 aliphatic heterocycles. The molecule has 0 radical (unpaired) electrons. The lowest BCUT2D eigenvalue weighted by atomic mass is 10.2. The molecule has 1 aromatic carbocycles. The molecular weight excluding hydrogens is 256 g/mol. The van der Waals surface area contributed by atoms with E-state index >= 15 is 0 Å². The van der Waals surface area contributed by atoms with E-state index in [1.165, 1.54) is 12.1 Å². The largest absolute Gasteiger partial charge is 0.385 e. The van der Waals surface area contributed by atoms with Gasteiger partial charge in [-0.05, 0) is 42.2 Å². The molecule has 1 atom stereocenters. The third-order valence-corrected chi connectivity index (χ3v) is 4.12. The summed E-state index contributed by atoms with van der Waals surface area (Å²) in [5, 5.41) is 8.28. The van der Waals surface area contributed by atoms with Crippen LogP contribution in [-0.4, -0.2) is 27.0 Å². The van der Waals surface area contributed by atoms with Gasteiger partial charge in [0.05, 0.1) is 4.90 Å². The van der Waals surface area contributed by atoms with Crippen molar-refractivity contribution in [3.05, 3.63) is 24.3 Å². The van der Waals surface area contributed by atoms with Gasteiger partial charge in [0.2, 0.25) is 10.0 Å². The SMILES string of the molecule is CSCC(C)CNc1ccc(S(N)(=O)=O)cc1. The number of thioether (sulfide) groups is 1. The molecule has 0 saturated heterocycles. The number of primary sulfonamides is 1. The molecule has 0 heterocycles. The first-order valence-electron chi connectivity index (χ1n) is 5.29. The average molecular weight is 274 g/mol. The van der Waals surface area contributed by atoms with Crippen molar-refractivity contribution in [2.24, 2.45) is 11.1 Å². The molecule has 17 heavy (non-hydrogen) atoms. The van der Waals surface area contributed by atoms with Crippen molar-refractivity contribution in [3.63, 3.8) is 0 Å². The van der Waals surface area contributed by atoms with Crippen molar-refractivity contribution in [3.8, 4) is 0 Å². The summed E-state index contributed by atoms with van der Waals surface area (Å²) in [6, 6.07) is 6.48. The summed E-state index contributed by atoms with van der Waals surface area (Å²) in [4.78, 5) is 0.139. The van der Waals surface area contributed by atoms with Gasteiger partial charge in [0, 0.05) is 12.2 Å². The quantitative estimate of drug-likeness (QED) is 0.829. The summed E-state index contributed by atoms with van der Waals surface area (Å²) in [5.74, 6) is 1.67. The summed E-state index contributed by atoms with van der Waals surface area (Å²) < 4.78 is 22.1. The van der Waals surface area contributed by atoms with Crippen LogP contribution in [-0.2, 0) is 10.0 Å². The monoisotopic (exact) mass is 274 g/mol. The van der Waals surface area contributed by atoms with E-state index in [0.717, 1.165) is 18.0 Å². The van der Waals surface area contributed by atoms with Gasteiger partial charge in [-0.2, -0.15) is 11.8 Å². The molecule has 0 saturated carbocycles. The number of rotatable bonds is 6. The lowest BCUT2D eigenvalue weighted by molar-refractivity contribution is 0.598. The molecule has 0 fully saturated rings. The zero-order valence-electron chi connectivity index (χ0n) is 10.0. The minimum atomic E-state index is -3.59. The van der Waals surface area contributed by atoms with Crippen LogP contribution < -0.4 is 10.5 Å². The van der Waals surface area contributed by atoms with Crippen LogP contribution in [0, 0.1) is 5.92 Å². The highest BCUT2D eigenvalue weighted by Crippen LogP contribution is 2.13. The number of nitrogens with one attached hydrogen (secondary N) is 1. The summed E-state index contributed by atoms with van der Waals surface area (Å²) in [6.07, 6.45) is 2.08. The standard InChI is InChI=1S/C11H18N2O2S2/c1-9(8-16-2)7-13-10-3-5-11(6-4-10)17(12,14)15/h3-6,9,13H,7-8H2,1-2H3,(H2,12,14,15). The van der Waals surface area contributed by atoms with Crippen molar-refractivity contribution < 1.29 is 8.42 Å². The predicted molar refractivity (Wildman–Crippen MR) is 73.9 cm³/mol. The molecule has 1 unspecified atom stereocenters. The van der Waals surface area contributed by atoms with E-state index in [1.54, 1.807) is 12.1 Å². The van der Waals surface area contributed by atoms with Gasteiger partial charge < -0.3 is 5.32 Å². The summed E-state index contributed by atoms with van der Waals surface area (Å²) >= 11 is 1.81. The third kappa shape index (κ3) is 4.97. The summed E-state index contributed by atoms with van der Waals surface area (Å²) in [6.45, 7) is 3.04. The average Bonchev–Trinajstić information content (AvgIpc) is 2.26. The fourth-order valence-electron chi connectivity index (χ4n) is 1.40. The predicted octanol–water partition coefficient (Wildman–Crippen LogP) is 1.75. The van der Waals surface area contributed by atoms with Gasteiger partial charge in [-0.3, -0.25) is 0 Å². The first kappa shape index (κ1) is 14.3. The van der Waals surface area contributed by atoms with E-state index in [4.69, 9.17) is 5.14 Å². The number of anilines is 1. The van der Waals surface area contributed by atoms with Crippen molar-refractivity contribution >= 4 is 27.5 Å². The number of sulfonamides is 1. The Labute approximate surface area is 107 Å². The lowest BCUT2D eigenvalue weighted by Crippen LogP contribution is -2.14. The van der Waals surface area contributed by atoms with E-state index < -0.39 is 10.0 Å². The molecule has 0 bridgehead atoms. The van der Waals surface area contributed by atoms with Crippen LogP contribution in [0.3, 0.4) is 0 Å². The van der Waals surface area contributed by atoms with Gasteiger partial charge in [0.1, 0.15) is 0 Å². The first-order valence-corrected chi connectivity index (χ1v) is 8.23. The van der Waals surface area contributed by atoms with E-state index in [0.29, 0.717) is 5.92 Å². The maximum absolute atomic E-state index is 11.1. The summed E-state index contributed by atoms with van der Waals surface area (Å²) in [5.41, 5.74) is 0.908. The Morgan fingerprint density at radius 2 is 1.94 bits per heavy atom. The number of benzene rings is 1. The molecule has 0 spiro atoms. The second kappa shape index (κ2) is 6.28. The molecule has 3 N–H and O–H groups in total. The molecule has 0 aliphatic carbocycles. The Hall–Kier alpha value is -0.720. The highest BCUT2D eigenvalue weighted by atomic mass is 32.2. The normalized spacial score (nSPS) is 13.4. The van der Waals surface area contributed by atoms with E-state index in [1.807, 2.05) is 11.8 Å². The fourth-order valence-corrected chi connectivity index (χ4v) is 2.60. The van der Waals surface area contributed by atoms with Crippen LogP contribution in [0.4, 0.5) is 5.69 Å². The maximum Gasteiger partial charge on any atom is 0.238 e. The maximum atomic E-state index is 11.1. The Balaban J connectivity index is 2.57. The number of hydrogen-bond acceptors (Lipinski definition) is 4. The van der Waals surface area contributed by atoms with Crippen molar-refractivity contribution in [2.75, 3.05) is 23.9 Å². The Morgan fingerprint density at radius 3 is 2.41 bits per heavy atom. The minimum absolute atomic E-state index is 0.139. The lowest BCUT2D eigenvalue weighted by Gasteiger charge is -2.12. The highest BCUT2D eigenvalue weighted by molar-refractivity contribution is 7.98. The van der Waals surface area contributed by atoms with Crippen LogP contribution >= 0.6 is 11.8 Å². The van der Waals surface area contributed by atoms with Crippen LogP contribution in [0.15, 0.2) is 29.2 Å². The Morgan fingerprint density at radius 1 is 1.35 bits per heavy atom. The molecule has 0 amide bonds. The van der Waals surface area contributed by atoms with Crippen molar-refractivity contribution in [2.45, 2.75) is 11.8 Å². The summed E-state index contributed by atoms with van der Waals surface area (Å²) in [7, 11) is -3.59. The molecular formula is C11H18N2O2S2. The van der Waals surface area contributed by atoms with Gasteiger partial charge in [0.15, 0.2) is 0 Å². The van der Waals surface area contributed by atoms with E-state index in [2.05, 4.69) is 18.5 Å². The van der Waals surface area contributed by atoms with Crippen LogP contribution in [0.1, 0.15) is 6.92 Å². The van der Waals surface area contributed by atoms with E-state index in [-0.39, 0.29) is 4.90 Å². The van der Waals surface area contributed by atoms with Crippen LogP contribution in [0.25, 0.3) is 0 Å². The zero-order chi connectivity index (χ0) is 12.9. The van der Waals surface area contributed by atoms with Gasteiger partial charge in [-0.15, -0.1) is 0 Å².